The molecule has 6 nitrogen and oxygen atoms in total. The van der Waals surface area contributed by atoms with E-state index in [0.29, 0.717) is 18.6 Å². The molecule has 0 aromatic heterocycles. The number of amides is 1. The van der Waals surface area contributed by atoms with Crippen LogP contribution in [0.3, 0.4) is 0 Å². The van der Waals surface area contributed by atoms with Crippen molar-refractivity contribution in [1.29, 1.82) is 0 Å². The lowest BCUT2D eigenvalue weighted by atomic mass is 9.87. The molecular formula is C25H30N2O4. The minimum atomic E-state index is -0.347. The van der Waals surface area contributed by atoms with Gasteiger partial charge in [-0.15, -0.1) is 0 Å². The van der Waals surface area contributed by atoms with Crippen molar-refractivity contribution in [2.24, 2.45) is 0 Å². The van der Waals surface area contributed by atoms with Gasteiger partial charge in [-0.2, -0.15) is 0 Å². The van der Waals surface area contributed by atoms with Crippen LogP contribution >= 0.6 is 0 Å². The number of hydrogen-bond acceptors (Lipinski definition) is 5. The lowest BCUT2D eigenvalue weighted by Crippen LogP contribution is -2.51. The fourth-order valence-electron chi connectivity index (χ4n) is 4.48. The second-order valence-electron chi connectivity index (χ2n) is 8.30. The third-order valence-electron chi connectivity index (χ3n) is 6.22. The maximum atomic E-state index is 13.0. The van der Waals surface area contributed by atoms with E-state index in [2.05, 4.69) is 28.8 Å². The molecule has 1 aliphatic carbocycles. The number of benzene rings is 2. The Morgan fingerprint density at radius 2 is 1.90 bits per heavy atom. The van der Waals surface area contributed by atoms with Crippen molar-refractivity contribution in [3.05, 3.63) is 70.8 Å². The summed E-state index contributed by atoms with van der Waals surface area (Å²) in [6.07, 6.45) is 4.71. The summed E-state index contributed by atoms with van der Waals surface area (Å²) >= 11 is 0. The largest absolute Gasteiger partial charge is 0.465 e. The van der Waals surface area contributed by atoms with E-state index in [1.54, 1.807) is 12.1 Å². The Kier molecular flexibility index (Phi) is 6.99. The van der Waals surface area contributed by atoms with Crippen LogP contribution in [0.4, 0.5) is 0 Å². The van der Waals surface area contributed by atoms with Crippen LogP contribution in [0.5, 0.6) is 0 Å². The molecule has 1 amide bonds. The molecule has 1 saturated heterocycles. The monoisotopic (exact) mass is 422 g/mol. The minimum Gasteiger partial charge on any atom is -0.465 e. The zero-order valence-corrected chi connectivity index (χ0v) is 17.9. The molecule has 1 heterocycles. The van der Waals surface area contributed by atoms with Crippen molar-refractivity contribution in [1.82, 2.24) is 10.6 Å². The topological polar surface area (TPSA) is 76.7 Å². The van der Waals surface area contributed by atoms with Crippen LogP contribution in [0.1, 0.15) is 58.8 Å². The number of aryl methyl sites for hydroxylation is 1. The molecule has 0 bridgehead atoms. The van der Waals surface area contributed by atoms with Crippen molar-refractivity contribution in [2.45, 2.75) is 56.9 Å². The summed E-state index contributed by atoms with van der Waals surface area (Å²) in [6, 6.07) is 15.5. The molecule has 6 heteroatoms. The highest BCUT2D eigenvalue weighted by molar-refractivity contribution is 5.89. The lowest BCUT2D eigenvalue weighted by Gasteiger charge is -2.32. The Morgan fingerprint density at radius 3 is 2.71 bits per heavy atom. The molecule has 1 fully saturated rings. The number of esters is 1. The molecule has 1 aliphatic heterocycles. The highest BCUT2D eigenvalue weighted by Gasteiger charge is 2.30. The third kappa shape index (κ3) is 5.32. The van der Waals surface area contributed by atoms with Crippen molar-refractivity contribution in [3.8, 4) is 0 Å². The molecule has 2 aromatic carbocycles. The maximum absolute atomic E-state index is 13.0. The maximum Gasteiger partial charge on any atom is 0.337 e. The number of hydrogen-bond donors (Lipinski definition) is 2. The number of piperidine rings is 1. The molecule has 164 valence electrons. The summed E-state index contributed by atoms with van der Waals surface area (Å²) in [5.41, 5.74) is 4.11. The van der Waals surface area contributed by atoms with Gasteiger partial charge in [-0.25, -0.2) is 4.79 Å². The van der Waals surface area contributed by atoms with E-state index in [0.717, 1.165) is 37.8 Å². The van der Waals surface area contributed by atoms with Gasteiger partial charge in [0.25, 0.3) is 0 Å². The van der Waals surface area contributed by atoms with Crippen LogP contribution in [0.2, 0.25) is 0 Å². The van der Waals surface area contributed by atoms with Gasteiger partial charge in [-0.1, -0.05) is 36.4 Å². The molecule has 0 radical (unpaired) electrons. The molecular weight excluding hydrogens is 392 g/mol. The van der Waals surface area contributed by atoms with Crippen LogP contribution in [0.15, 0.2) is 48.5 Å². The van der Waals surface area contributed by atoms with E-state index in [4.69, 9.17) is 9.47 Å². The summed E-state index contributed by atoms with van der Waals surface area (Å²) in [5, 5.41) is 6.60. The molecule has 2 N–H and O–H groups in total. The van der Waals surface area contributed by atoms with E-state index < -0.39 is 0 Å². The summed E-state index contributed by atoms with van der Waals surface area (Å²) in [7, 11) is 1.37. The van der Waals surface area contributed by atoms with Crippen LogP contribution in [-0.2, 0) is 27.3 Å². The summed E-state index contributed by atoms with van der Waals surface area (Å²) < 4.78 is 10.8. The Balaban J connectivity index is 1.29. The highest BCUT2D eigenvalue weighted by atomic mass is 16.5. The van der Waals surface area contributed by atoms with Crippen molar-refractivity contribution in [3.63, 3.8) is 0 Å². The minimum absolute atomic E-state index is 0.0240. The van der Waals surface area contributed by atoms with E-state index >= 15 is 0 Å². The number of ether oxygens (including phenoxy) is 2. The van der Waals surface area contributed by atoms with Gasteiger partial charge in [-0.05, 0) is 67.5 Å². The fraction of sp³-hybridized carbons (Fsp3) is 0.440. The number of methoxy groups -OCH3 is 1. The molecule has 0 unspecified atom stereocenters. The smallest absolute Gasteiger partial charge is 0.337 e. The summed E-state index contributed by atoms with van der Waals surface area (Å²) in [4.78, 5) is 24.5. The normalized spacial score (nSPS) is 22.9. The van der Waals surface area contributed by atoms with Crippen LogP contribution in [-0.4, -0.2) is 37.7 Å². The van der Waals surface area contributed by atoms with Gasteiger partial charge in [0, 0.05) is 0 Å². The molecule has 2 aromatic rings. The van der Waals surface area contributed by atoms with Gasteiger partial charge in [0.05, 0.1) is 37.5 Å². The van der Waals surface area contributed by atoms with Crippen molar-refractivity contribution >= 4 is 11.9 Å². The van der Waals surface area contributed by atoms with E-state index in [1.165, 1.54) is 18.2 Å². The zero-order valence-electron chi connectivity index (χ0n) is 17.9. The predicted octanol–water partition coefficient (Wildman–Crippen LogP) is 3.30. The first-order valence-corrected chi connectivity index (χ1v) is 11.0. The van der Waals surface area contributed by atoms with Crippen molar-refractivity contribution in [2.75, 3.05) is 13.7 Å². The van der Waals surface area contributed by atoms with Crippen LogP contribution in [0.25, 0.3) is 0 Å². The Hall–Kier alpha value is -2.70. The van der Waals surface area contributed by atoms with Gasteiger partial charge in [0.2, 0.25) is 5.91 Å². The second kappa shape index (κ2) is 10.1. The Labute approximate surface area is 183 Å². The van der Waals surface area contributed by atoms with E-state index in [-0.39, 0.29) is 30.1 Å². The van der Waals surface area contributed by atoms with E-state index in [1.807, 2.05) is 18.2 Å². The van der Waals surface area contributed by atoms with Crippen molar-refractivity contribution < 1.29 is 19.1 Å². The van der Waals surface area contributed by atoms with Gasteiger partial charge >= 0.3 is 5.97 Å². The predicted molar refractivity (Wildman–Crippen MR) is 118 cm³/mol. The van der Waals surface area contributed by atoms with Crippen LogP contribution in [0, 0.1) is 0 Å². The SMILES string of the molecule is COC(=O)c1ccc(CO[C@@H]2CCN[C@H](C(=O)N[C@@H]3CCCc4ccccc43)C2)cc1. The third-order valence-corrected chi connectivity index (χ3v) is 6.22. The number of fused-ring (bicyclic) bond motifs is 1. The number of rotatable bonds is 6. The number of carbonyl (C=O) groups is 2. The second-order valence-corrected chi connectivity index (χ2v) is 8.30. The van der Waals surface area contributed by atoms with Crippen LogP contribution < -0.4 is 10.6 Å². The molecule has 3 atom stereocenters. The van der Waals surface area contributed by atoms with Gasteiger partial charge in [-0.3, -0.25) is 4.79 Å². The molecule has 2 aliphatic rings. The summed E-state index contributed by atoms with van der Waals surface area (Å²) in [6.45, 7) is 1.21. The van der Waals surface area contributed by atoms with Gasteiger partial charge in [0.15, 0.2) is 0 Å². The van der Waals surface area contributed by atoms with Gasteiger partial charge in [0.1, 0.15) is 0 Å². The lowest BCUT2D eigenvalue weighted by molar-refractivity contribution is -0.126. The summed E-state index contributed by atoms with van der Waals surface area (Å²) in [5.74, 6) is -0.294. The van der Waals surface area contributed by atoms with Gasteiger partial charge < -0.3 is 20.1 Å². The quantitative estimate of drug-likeness (QED) is 0.699. The standard InChI is InChI=1S/C25H30N2O4/c1-30-25(29)19-11-9-17(10-12-19)16-31-20-13-14-26-23(15-20)24(28)27-22-8-4-6-18-5-2-3-7-21(18)22/h2-3,5,7,9-12,20,22-23,26H,4,6,8,13-16H2,1H3,(H,27,28)/t20-,22-,23+/m1/s1. The highest BCUT2D eigenvalue weighted by Crippen LogP contribution is 2.29. The fourth-order valence-corrected chi connectivity index (χ4v) is 4.48. The average molecular weight is 423 g/mol. The first-order chi connectivity index (χ1) is 15.1. The first kappa shape index (κ1) is 21.5. The number of nitrogens with one attached hydrogen (secondary N) is 2. The zero-order chi connectivity index (χ0) is 21.6. The number of carbonyl (C=O) groups excluding carboxylic acids is 2. The Morgan fingerprint density at radius 1 is 1.10 bits per heavy atom. The molecule has 31 heavy (non-hydrogen) atoms. The average Bonchev–Trinajstić information content (AvgIpc) is 2.83. The first-order valence-electron chi connectivity index (χ1n) is 11.0. The van der Waals surface area contributed by atoms with E-state index in [9.17, 15) is 9.59 Å². The molecule has 0 spiro atoms. The Bertz CT molecular complexity index is 912. The molecule has 0 saturated carbocycles. The molecule has 4 rings (SSSR count).